The number of nitrogens with two attached hydrogens (primary N) is 1. The second-order valence-electron chi connectivity index (χ2n) is 7.61. The molecule has 1 saturated carbocycles. The second-order valence-corrected chi connectivity index (χ2v) is 8.02. The van der Waals surface area contributed by atoms with Gasteiger partial charge in [-0.2, -0.15) is 0 Å². The van der Waals surface area contributed by atoms with Gasteiger partial charge in [-0.1, -0.05) is 24.4 Å². The maximum atomic E-state index is 11.7. The molecule has 1 fully saturated rings. The van der Waals surface area contributed by atoms with Crippen LogP contribution in [0.4, 0.5) is 0 Å². The van der Waals surface area contributed by atoms with E-state index in [1.807, 2.05) is 6.07 Å². The molecule has 0 bridgehead atoms. The minimum atomic E-state index is -1.36. The number of halogens is 3. The Bertz CT molecular complexity index is 723. The highest BCUT2D eigenvalue weighted by Crippen LogP contribution is 2.40. The molecular formula is C18H28BCl3N2O6. The Kier molecular flexibility index (Phi) is 10.5. The molecule has 1 aliphatic heterocycles. The van der Waals surface area contributed by atoms with Crippen LogP contribution >= 0.6 is 36.4 Å². The maximum absolute atomic E-state index is 11.7. The third-order valence-electron chi connectivity index (χ3n) is 5.69. The van der Waals surface area contributed by atoms with Crippen LogP contribution in [0.3, 0.4) is 0 Å². The van der Waals surface area contributed by atoms with Crippen LogP contribution in [-0.2, 0) is 11.3 Å². The molecule has 6 N–H and O–H groups in total. The van der Waals surface area contributed by atoms with E-state index in [9.17, 15) is 9.90 Å². The number of hydrogen-bond acceptors (Lipinski definition) is 7. The summed E-state index contributed by atoms with van der Waals surface area (Å²) in [7, 11) is -1.36. The van der Waals surface area contributed by atoms with Crippen molar-refractivity contribution in [2.45, 2.75) is 56.5 Å². The highest BCUT2D eigenvalue weighted by Gasteiger charge is 2.48. The zero-order valence-electron chi connectivity index (χ0n) is 16.4. The summed E-state index contributed by atoms with van der Waals surface area (Å²) in [6.07, 6.45) is 2.96. The van der Waals surface area contributed by atoms with Gasteiger partial charge in [0, 0.05) is 23.7 Å². The SMILES string of the molecule is Cl.Cl.NC(CCCCB(O)O)(C(=O)O)[C@H]1C[C@@H](NCc2cc3c(cc2Cl)OCO3)C1. The number of carboxylic acid groups (broad SMARTS) is 1. The molecule has 0 saturated heterocycles. The number of nitrogens with one attached hydrogen (secondary N) is 1. The van der Waals surface area contributed by atoms with Crippen LogP contribution in [0.2, 0.25) is 11.3 Å². The van der Waals surface area contributed by atoms with Gasteiger partial charge in [-0.25, -0.2) is 0 Å². The molecular weight excluding hydrogens is 457 g/mol. The van der Waals surface area contributed by atoms with Crippen LogP contribution in [-0.4, -0.2) is 46.6 Å². The van der Waals surface area contributed by atoms with Gasteiger partial charge in [-0.05, 0) is 43.1 Å². The zero-order chi connectivity index (χ0) is 20.3. The molecule has 0 radical (unpaired) electrons. The molecule has 0 aromatic heterocycles. The zero-order valence-corrected chi connectivity index (χ0v) is 18.8. The lowest BCUT2D eigenvalue weighted by Gasteiger charge is -2.45. The number of unbranched alkanes of at least 4 members (excludes halogenated alkanes) is 1. The number of rotatable bonds is 10. The van der Waals surface area contributed by atoms with E-state index in [-0.39, 0.29) is 49.9 Å². The molecule has 170 valence electrons. The van der Waals surface area contributed by atoms with Crippen molar-refractivity contribution in [3.05, 3.63) is 22.7 Å². The Balaban J connectivity index is 0.00000225. The molecule has 1 atom stereocenters. The van der Waals surface area contributed by atoms with E-state index in [2.05, 4.69) is 5.32 Å². The molecule has 1 aromatic rings. The highest BCUT2D eigenvalue weighted by molar-refractivity contribution is 6.40. The van der Waals surface area contributed by atoms with E-state index in [4.69, 9.17) is 36.9 Å². The summed E-state index contributed by atoms with van der Waals surface area (Å²) < 4.78 is 10.7. The summed E-state index contributed by atoms with van der Waals surface area (Å²) in [6, 6.07) is 3.77. The van der Waals surface area contributed by atoms with Crippen molar-refractivity contribution in [2.75, 3.05) is 6.79 Å². The minimum Gasteiger partial charge on any atom is -0.480 e. The number of aliphatic carboxylic acids is 1. The van der Waals surface area contributed by atoms with Crippen LogP contribution < -0.4 is 20.5 Å². The Morgan fingerprint density at radius 2 is 1.87 bits per heavy atom. The predicted octanol–water partition coefficient (Wildman–Crippen LogP) is 2.21. The first-order valence-electron chi connectivity index (χ1n) is 9.49. The lowest BCUT2D eigenvalue weighted by Crippen LogP contribution is -2.61. The number of hydrogen-bond donors (Lipinski definition) is 5. The van der Waals surface area contributed by atoms with Crippen LogP contribution in [0.25, 0.3) is 0 Å². The maximum Gasteiger partial charge on any atom is 0.451 e. The first-order chi connectivity index (χ1) is 13.3. The van der Waals surface area contributed by atoms with Crippen molar-refractivity contribution < 1.29 is 29.4 Å². The van der Waals surface area contributed by atoms with Gasteiger partial charge in [-0.3, -0.25) is 4.79 Å². The molecule has 3 rings (SSSR count). The van der Waals surface area contributed by atoms with E-state index in [1.165, 1.54) is 0 Å². The number of ether oxygens (including phenoxy) is 2. The second kappa shape index (κ2) is 11.6. The molecule has 0 spiro atoms. The van der Waals surface area contributed by atoms with Crippen LogP contribution in [0.5, 0.6) is 11.5 Å². The summed E-state index contributed by atoms with van der Waals surface area (Å²) in [5.74, 6) is 0.196. The molecule has 30 heavy (non-hydrogen) atoms. The van der Waals surface area contributed by atoms with Crippen LogP contribution in [0.1, 0.15) is 37.7 Å². The monoisotopic (exact) mass is 484 g/mol. The quantitative estimate of drug-likeness (QED) is 0.252. The summed E-state index contributed by atoms with van der Waals surface area (Å²) in [5.41, 5.74) is 5.83. The summed E-state index contributed by atoms with van der Waals surface area (Å²) in [6.45, 7) is 0.740. The van der Waals surface area contributed by atoms with Crippen LogP contribution in [0, 0.1) is 5.92 Å². The summed E-state index contributed by atoms with van der Waals surface area (Å²) in [4.78, 5) is 11.7. The summed E-state index contributed by atoms with van der Waals surface area (Å²) >= 11 is 6.28. The normalized spacial score (nSPS) is 20.9. The van der Waals surface area contributed by atoms with E-state index in [0.717, 1.165) is 5.56 Å². The van der Waals surface area contributed by atoms with Crippen molar-refractivity contribution in [3.8, 4) is 11.5 Å². The van der Waals surface area contributed by atoms with E-state index >= 15 is 0 Å². The predicted molar refractivity (Wildman–Crippen MR) is 119 cm³/mol. The summed E-state index contributed by atoms with van der Waals surface area (Å²) in [5, 5.41) is 31.4. The first kappa shape index (κ1) is 27.1. The Hall–Kier alpha value is -0.935. The molecule has 0 amide bonds. The van der Waals surface area contributed by atoms with Crippen molar-refractivity contribution >= 4 is 49.5 Å². The van der Waals surface area contributed by atoms with E-state index in [0.29, 0.717) is 55.2 Å². The first-order valence-corrected chi connectivity index (χ1v) is 9.87. The topological polar surface area (TPSA) is 134 Å². The Morgan fingerprint density at radius 3 is 2.47 bits per heavy atom. The Labute approximate surface area is 193 Å². The highest BCUT2D eigenvalue weighted by atomic mass is 35.5. The fourth-order valence-electron chi connectivity index (χ4n) is 3.78. The average Bonchev–Trinajstić information content (AvgIpc) is 3.04. The van der Waals surface area contributed by atoms with Gasteiger partial charge in [0.15, 0.2) is 11.5 Å². The number of carboxylic acids is 1. The molecule has 1 heterocycles. The molecule has 1 aliphatic carbocycles. The van der Waals surface area contributed by atoms with Crippen LogP contribution in [0.15, 0.2) is 12.1 Å². The fourth-order valence-corrected chi connectivity index (χ4v) is 4.00. The fraction of sp³-hybridized carbons (Fsp3) is 0.611. The van der Waals surface area contributed by atoms with Gasteiger partial charge in [0.2, 0.25) is 6.79 Å². The van der Waals surface area contributed by atoms with Gasteiger partial charge < -0.3 is 35.7 Å². The van der Waals surface area contributed by atoms with E-state index in [1.54, 1.807) is 6.07 Å². The molecule has 1 aromatic carbocycles. The molecule has 12 heteroatoms. The molecule has 2 aliphatic rings. The molecule has 8 nitrogen and oxygen atoms in total. The van der Waals surface area contributed by atoms with Gasteiger partial charge >= 0.3 is 13.1 Å². The number of benzene rings is 1. The van der Waals surface area contributed by atoms with Crippen molar-refractivity contribution in [3.63, 3.8) is 0 Å². The number of fused-ring (bicyclic) bond motifs is 1. The number of carbonyl (C=O) groups is 1. The van der Waals surface area contributed by atoms with Crippen molar-refractivity contribution in [1.82, 2.24) is 5.32 Å². The lowest BCUT2D eigenvalue weighted by atomic mass is 9.66. The smallest absolute Gasteiger partial charge is 0.451 e. The van der Waals surface area contributed by atoms with Gasteiger partial charge in [0.05, 0.1) is 0 Å². The van der Waals surface area contributed by atoms with Gasteiger partial charge in [0.25, 0.3) is 0 Å². The third kappa shape index (κ3) is 6.29. The van der Waals surface area contributed by atoms with E-state index < -0.39 is 18.6 Å². The molecule has 1 unspecified atom stereocenters. The van der Waals surface area contributed by atoms with Gasteiger partial charge in [-0.15, -0.1) is 24.8 Å². The average molecular weight is 486 g/mol. The van der Waals surface area contributed by atoms with Crippen molar-refractivity contribution in [2.24, 2.45) is 11.7 Å². The standard InChI is InChI=1S/C18H26BClN2O6.2ClH/c20-14-8-16-15(27-10-28-16)5-11(14)9-22-13-6-12(7-13)18(21,17(23)24)3-1-2-4-19(25)26;;/h5,8,12-13,22,25-26H,1-4,6-7,9-10,21H2,(H,23,24);2*1H/t12-,13+,18?;;. The van der Waals surface area contributed by atoms with Gasteiger partial charge in [0.1, 0.15) is 5.54 Å². The Morgan fingerprint density at radius 1 is 1.23 bits per heavy atom. The largest absolute Gasteiger partial charge is 0.480 e. The van der Waals surface area contributed by atoms with Crippen molar-refractivity contribution in [1.29, 1.82) is 0 Å². The lowest BCUT2D eigenvalue weighted by molar-refractivity contribution is -0.148. The minimum absolute atomic E-state index is 0. The third-order valence-corrected chi connectivity index (χ3v) is 6.04.